The number of pyridine rings is 1. The smallest absolute Gasteiger partial charge is 0.253 e. The lowest BCUT2D eigenvalue weighted by Crippen LogP contribution is -2.50. The van der Waals surface area contributed by atoms with Gasteiger partial charge in [0.2, 0.25) is 5.91 Å². The summed E-state index contributed by atoms with van der Waals surface area (Å²) in [6.45, 7) is 2.90. The van der Waals surface area contributed by atoms with Gasteiger partial charge in [0.25, 0.3) is 11.5 Å². The van der Waals surface area contributed by atoms with Crippen LogP contribution in [0, 0.1) is 0 Å². The fraction of sp³-hybridized carbons (Fsp3) is 0.233. The maximum atomic E-state index is 13.3. The molecule has 0 aliphatic carbocycles. The molecule has 8 nitrogen and oxygen atoms in total. The molecule has 1 aliphatic rings. The van der Waals surface area contributed by atoms with Crippen molar-refractivity contribution >= 4 is 22.7 Å². The number of nitrogens with two attached hydrogens (primary N) is 1. The van der Waals surface area contributed by atoms with Crippen LogP contribution in [-0.4, -0.2) is 66.0 Å². The third-order valence-electron chi connectivity index (χ3n) is 6.99. The van der Waals surface area contributed by atoms with Crippen molar-refractivity contribution in [3.8, 4) is 16.9 Å². The summed E-state index contributed by atoms with van der Waals surface area (Å²) in [7, 11) is 1.61. The van der Waals surface area contributed by atoms with Crippen molar-refractivity contribution in [2.24, 2.45) is 5.73 Å². The first kappa shape index (κ1) is 25.2. The lowest BCUT2D eigenvalue weighted by atomic mass is 10.0. The molecule has 0 radical (unpaired) electrons. The number of carbonyl (C=O) groups is 2. The van der Waals surface area contributed by atoms with Gasteiger partial charge in [0, 0.05) is 49.3 Å². The molecule has 3 aromatic carbocycles. The largest absolute Gasteiger partial charge is 0.497 e. The number of piperazine rings is 1. The highest BCUT2D eigenvalue weighted by Crippen LogP contribution is 2.30. The van der Waals surface area contributed by atoms with Crippen LogP contribution in [0.2, 0.25) is 0 Å². The minimum Gasteiger partial charge on any atom is -0.497 e. The highest BCUT2D eigenvalue weighted by molar-refractivity contribution is 5.96. The standard InChI is InChI=1S/C30H30N4O4/c1-38-24-11-12-25-26(22-5-3-2-4-6-22)18-29(36)34(27(25)17-24)19-21-7-9-23(10-8-21)30(37)33-15-13-32(14-16-33)20-28(31)35/h2-12,17-18H,13-16,19-20H2,1H3,(H2,31,35). The summed E-state index contributed by atoms with van der Waals surface area (Å²) in [5, 5.41) is 0.957. The van der Waals surface area contributed by atoms with Gasteiger partial charge < -0.3 is 19.9 Å². The minimum atomic E-state index is -0.361. The monoisotopic (exact) mass is 510 g/mol. The van der Waals surface area contributed by atoms with Crippen molar-refractivity contribution in [3.05, 3.63) is 100 Å². The number of primary amides is 1. The molecule has 38 heavy (non-hydrogen) atoms. The molecule has 2 amide bonds. The predicted octanol–water partition coefficient (Wildman–Crippen LogP) is 2.97. The van der Waals surface area contributed by atoms with E-state index in [1.54, 1.807) is 34.8 Å². The second-order valence-electron chi connectivity index (χ2n) is 9.46. The van der Waals surface area contributed by atoms with Crippen molar-refractivity contribution in [2.45, 2.75) is 6.54 Å². The van der Waals surface area contributed by atoms with Gasteiger partial charge in [0.1, 0.15) is 5.75 Å². The molecule has 2 heterocycles. The van der Waals surface area contributed by atoms with Crippen LogP contribution in [0.3, 0.4) is 0 Å². The number of ether oxygens (including phenoxy) is 1. The van der Waals surface area contributed by atoms with Crippen LogP contribution in [0.5, 0.6) is 5.75 Å². The van der Waals surface area contributed by atoms with Gasteiger partial charge in [0.05, 0.1) is 25.7 Å². The number of methoxy groups -OCH3 is 1. The number of fused-ring (bicyclic) bond motifs is 1. The Bertz CT molecular complexity index is 1520. The van der Waals surface area contributed by atoms with E-state index in [9.17, 15) is 14.4 Å². The average Bonchev–Trinajstić information content (AvgIpc) is 2.94. The summed E-state index contributed by atoms with van der Waals surface area (Å²) < 4.78 is 7.19. The first-order valence-corrected chi connectivity index (χ1v) is 12.6. The Kier molecular flexibility index (Phi) is 7.24. The molecule has 0 saturated carbocycles. The molecule has 0 spiro atoms. The van der Waals surface area contributed by atoms with E-state index in [4.69, 9.17) is 10.5 Å². The zero-order valence-corrected chi connectivity index (χ0v) is 21.3. The molecule has 1 fully saturated rings. The summed E-state index contributed by atoms with van der Waals surface area (Å²) in [4.78, 5) is 41.2. The highest BCUT2D eigenvalue weighted by Gasteiger charge is 2.23. The number of rotatable bonds is 7. The summed E-state index contributed by atoms with van der Waals surface area (Å²) in [6, 6.07) is 24.7. The van der Waals surface area contributed by atoms with Gasteiger partial charge >= 0.3 is 0 Å². The Morgan fingerprint density at radius 1 is 0.895 bits per heavy atom. The molecular weight excluding hydrogens is 480 g/mol. The molecule has 1 aromatic heterocycles. The molecule has 4 aromatic rings. The third-order valence-corrected chi connectivity index (χ3v) is 6.99. The Morgan fingerprint density at radius 3 is 2.26 bits per heavy atom. The van der Waals surface area contributed by atoms with Crippen LogP contribution in [0.4, 0.5) is 0 Å². The van der Waals surface area contributed by atoms with E-state index in [1.165, 1.54) is 0 Å². The SMILES string of the molecule is COc1ccc2c(-c3ccccc3)cc(=O)n(Cc3ccc(C(=O)N4CCN(CC(N)=O)CC4)cc3)c2c1. The van der Waals surface area contributed by atoms with Crippen LogP contribution in [0.15, 0.2) is 83.7 Å². The van der Waals surface area contributed by atoms with Gasteiger partial charge in [0.15, 0.2) is 0 Å². The van der Waals surface area contributed by atoms with E-state index in [-0.39, 0.29) is 23.9 Å². The first-order chi connectivity index (χ1) is 18.4. The Balaban J connectivity index is 1.39. The molecule has 0 atom stereocenters. The highest BCUT2D eigenvalue weighted by atomic mass is 16.5. The Morgan fingerprint density at radius 2 is 1.61 bits per heavy atom. The molecule has 194 valence electrons. The fourth-order valence-corrected chi connectivity index (χ4v) is 4.95. The number of hydrogen-bond donors (Lipinski definition) is 1. The maximum absolute atomic E-state index is 13.3. The van der Waals surface area contributed by atoms with Crippen LogP contribution in [-0.2, 0) is 11.3 Å². The van der Waals surface area contributed by atoms with Crippen molar-refractivity contribution in [3.63, 3.8) is 0 Å². The first-order valence-electron chi connectivity index (χ1n) is 12.6. The number of amides is 2. The molecule has 1 aliphatic heterocycles. The van der Waals surface area contributed by atoms with Crippen LogP contribution < -0.4 is 16.0 Å². The minimum absolute atomic E-state index is 0.0464. The van der Waals surface area contributed by atoms with Gasteiger partial charge in [-0.25, -0.2) is 0 Å². The lowest BCUT2D eigenvalue weighted by Gasteiger charge is -2.34. The zero-order chi connectivity index (χ0) is 26.6. The van der Waals surface area contributed by atoms with Gasteiger partial charge in [-0.05, 0) is 41.0 Å². The third kappa shape index (κ3) is 5.31. The van der Waals surface area contributed by atoms with Crippen molar-refractivity contribution in [1.82, 2.24) is 14.4 Å². The predicted molar refractivity (Wildman–Crippen MR) is 147 cm³/mol. The topological polar surface area (TPSA) is 97.9 Å². The number of nitrogens with zero attached hydrogens (tertiary/aromatic N) is 3. The van der Waals surface area contributed by atoms with Crippen molar-refractivity contribution < 1.29 is 14.3 Å². The van der Waals surface area contributed by atoms with E-state index in [0.29, 0.717) is 44.0 Å². The summed E-state index contributed by atoms with van der Waals surface area (Å²) >= 11 is 0. The summed E-state index contributed by atoms with van der Waals surface area (Å²) in [5.74, 6) is 0.267. The maximum Gasteiger partial charge on any atom is 0.253 e. The molecule has 5 rings (SSSR count). The quantitative estimate of drug-likeness (QED) is 0.412. The molecule has 1 saturated heterocycles. The van der Waals surface area contributed by atoms with Crippen LogP contribution in [0.25, 0.3) is 22.0 Å². The second kappa shape index (κ2) is 10.9. The van der Waals surface area contributed by atoms with Crippen LogP contribution >= 0.6 is 0 Å². The fourth-order valence-electron chi connectivity index (χ4n) is 4.95. The zero-order valence-electron chi connectivity index (χ0n) is 21.3. The van der Waals surface area contributed by atoms with Gasteiger partial charge in [-0.3, -0.25) is 19.3 Å². The van der Waals surface area contributed by atoms with Crippen molar-refractivity contribution in [2.75, 3.05) is 39.8 Å². The molecule has 0 bridgehead atoms. The van der Waals surface area contributed by atoms with Gasteiger partial charge in [-0.15, -0.1) is 0 Å². The van der Waals surface area contributed by atoms with E-state index in [0.717, 1.165) is 27.6 Å². The summed E-state index contributed by atoms with van der Waals surface area (Å²) in [5.41, 5.74) is 9.30. The number of hydrogen-bond acceptors (Lipinski definition) is 5. The van der Waals surface area contributed by atoms with E-state index >= 15 is 0 Å². The van der Waals surface area contributed by atoms with E-state index in [1.807, 2.05) is 65.6 Å². The number of aromatic nitrogens is 1. The Labute approximate surface area is 220 Å². The van der Waals surface area contributed by atoms with Gasteiger partial charge in [-0.2, -0.15) is 0 Å². The molecule has 8 heteroatoms. The normalized spacial score (nSPS) is 14.0. The van der Waals surface area contributed by atoms with Crippen molar-refractivity contribution in [1.29, 1.82) is 0 Å². The van der Waals surface area contributed by atoms with E-state index in [2.05, 4.69) is 0 Å². The lowest BCUT2D eigenvalue weighted by molar-refractivity contribution is -0.119. The Hall–Kier alpha value is -4.43. The number of carbonyl (C=O) groups excluding carboxylic acids is 2. The average molecular weight is 511 g/mol. The number of benzene rings is 3. The van der Waals surface area contributed by atoms with E-state index < -0.39 is 0 Å². The molecule has 2 N–H and O–H groups in total. The molecule has 0 unspecified atom stereocenters. The van der Waals surface area contributed by atoms with Crippen LogP contribution in [0.1, 0.15) is 15.9 Å². The molecular formula is C30H30N4O4. The van der Waals surface area contributed by atoms with Gasteiger partial charge in [-0.1, -0.05) is 42.5 Å². The second-order valence-corrected chi connectivity index (χ2v) is 9.46. The summed E-state index contributed by atoms with van der Waals surface area (Å²) in [6.07, 6.45) is 0.